The summed E-state index contributed by atoms with van der Waals surface area (Å²) in [7, 11) is -9.91. The van der Waals surface area contributed by atoms with E-state index >= 15 is 0 Å². The lowest BCUT2D eigenvalue weighted by Gasteiger charge is -2.21. The van der Waals surface area contributed by atoms with Crippen molar-refractivity contribution in [1.29, 1.82) is 0 Å². The molecule has 0 saturated heterocycles. The summed E-state index contributed by atoms with van der Waals surface area (Å²) in [5.41, 5.74) is 0. The van der Waals surface area contributed by atoms with Gasteiger partial charge in [0.05, 0.1) is 26.4 Å². The Kier molecular flexibility index (Phi) is 61.3. The molecule has 0 fully saturated rings. The van der Waals surface area contributed by atoms with Crippen LogP contribution in [0.15, 0.2) is 0 Å². The van der Waals surface area contributed by atoms with E-state index in [-0.39, 0.29) is 25.7 Å². The fourth-order valence-electron chi connectivity index (χ4n) is 11.0. The monoisotopic (exact) mass is 1350 g/mol. The third kappa shape index (κ3) is 65.4. The summed E-state index contributed by atoms with van der Waals surface area (Å²) < 4.78 is 68.4. The average molecular weight is 1350 g/mol. The number of unbranched alkanes of at least 4 members (excludes halogenated alkanes) is 35. The maximum Gasteiger partial charge on any atom is 0.472 e. The molecule has 6 atom stereocenters. The van der Waals surface area contributed by atoms with Gasteiger partial charge in [0.2, 0.25) is 0 Å². The van der Waals surface area contributed by atoms with E-state index in [0.29, 0.717) is 31.6 Å². The number of esters is 4. The number of phosphoric ester groups is 2. The van der Waals surface area contributed by atoms with Gasteiger partial charge in [-0.2, -0.15) is 0 Å². The number of carbonyl (C=O) groups is 4. The van der Waals surface area contributed by atoms with E-state index in [1.807, 2.05) is 0 Å². The predicted octanol–water partition coefficient (Wildman–Crippen LogP) is 20.9. The molecule has 92 heavy (non-hydrogen) atoms. The number of aliphatic hydroxyl groups is 1. The van der Waals surface area contributed by atoms with Crippen LogP contribution in [0.1, 0.15) is 364 Å². The van der Waals surface area contributed by atoms with Gasteiger partial charge in [-0.05, 0) is 49.4 Å². The second-order valence-electron chi connectivity index (χ2n) is 28.0. The lowest BCUT2D eigenvalue weighted by molar-refractivity contribution is -0.161. The molecule has 0 bridgehead atoms. The predicted molar refractivity (Wildman–Crippen MR) is 372 cm³/mol. The highest BCUT2D eigenvalue weighted by molar-refractivity contribution is 7.47. The van der Waals surface area contributed by atoms with Gasteiger partial charge >= 0.3 is 39.5 Å². The van der Waals surface area contributed by atoms with Crippen LogP contribution in [0.5, 0.6) is 0 Å². The van der Waals surface area contributed by atoms with E-state index in [1.165, 1.54) is 161 Å². The van der Waals surface area contributed by atoms with Crippen LogP contribution in [0, 0.1) is 23.7 Å². The molecule has 546 valence electrons. The summed E-state index contributed by atoms with van der Waals surface area (Å²) in [6, 6.07) is 0. The summed E-state index contributed by atoms with van der Waals surface area (Å²) >= 11 is 0. The van der Waals surface area contributed by atoms with E-state index in [2.05, 4.69) is 55.4 Å². The molecule has 0 aliphatic heterocycles. The number of ether oxygens (including phenoxy) is 4. The molecule has 0 spiro atoms. The average Bonchev–Trinajstić information content (AvgIpc) is 1.88. The van der Waals surface area contributed by atoms with Gasteiger partial charge in [0.25, 0.3) is 0 Å². The topological polar surface area (TPSA) is 237 Å². The Labute approximate surface area is 562 Å². The second-order valence-corrected chi connectivity index (χ2v) is 30.9. The maximum atomic E-state index is 13.0. The first-order chi connectivity index (χ1) is 44.1. The van der Waals surface area contributed by atoms with Crippen LogP contribution in [0.4, 0.5) is 0 Å². The zero-order valence-corrected chi connectivity index (χ0v) is 62.0. The maximum absolute atomic E-state index is 13.0. The molecule has 0 rings (SSSR count). The van der Waals surface area contributed by atoms with Crippen molar-refractivity contribution in [2.75, 3.05) is 39.6 Å². The molecular formula is C73H142O17P2. The Morgan fingerprint density at radius 1 is 0.304 bits per heavy atom. The third-order valence-corrected chi connectivity index (χ3v) is 19.1. The molecule has 17 nitrogen and oxygen atoms in total. The van der Waals surface area contributed by atoms with Crippen LogP contribution < -0.4 is 0 Å². The minimum Gasteiger partial charge on any atom is -0.462 e. The molecule has 0 aromatic rings. The quantitative estimate of drug-likeness (QED) is 0.0222. The van der Waals surface area contributed by atoms with Gasteiger partial charge in [0.1, 0.15) is 19.3 Å². The Hall–Kier alpha value is -1.94. The van der Waals surface area contributed by atoms with Gasteiger partial charge < -0.3 is 33.8 Å². The molecule has 0 aromatic carbocycles. The molecule has 4 unspecified atom stereocenters. The number of hydrogen-bond acceptors (Lipinski definition) is 15. The molecule has 3 N–H and O–H groups in total. The number of aliphatic hydroxyl groups excluding tert-OH is 1. The van der Waals surface area contributed by atoms with E-state index < -0.39 is 97.5 Å². The van der Waals surface area contributed by atoms with Crippen molar-refractivity contribution in [2.45, 2.75) is 382 Å². The van der Waals surface area contributed by atoms with Crippen molar-refractivity contribution in [2.24, 2.45) is 23.7 Å². The number of phosphoric acid groups is 2. The molecule has 0 aliphatic carbocycles. The zero-order chi connectivity index (χ0) is 68.2. The number of hydrogen-bond donors (Lipinski definition) is 3. The van der Waals surface area contributed by atoms with Crippen molar-refractivity contribution in [1.82, 2.24) is 0 Å². The third-order valence-electron chi connectivity index (χ3n) is 17.2. The van der Waals surface area contributed by atoms with Gasteiger partial charge in [-0.3, -0.25) is 37.3 Å². The van der Waals surface area contributed by atoms with E-state index in [9.17, 15) is 43.2 Å². The van der Waals surface area contributed by atoms with E-state index in [4.69, 9.17) is 37.0 Å². The van der Waals surface area contributed by atoms with Crippen molar-refractivity contribution < 1.29 is 80.2 Å². The first kappa shape index (κ1) is 90.1. The Balaban J connectivity index is 5.22. The number of carbonyl (C=O) groups excluding carboxylic acids is 4. The second kappa shape index (κ2) is 62.6. The fourth-order valence-corrected chi connectivity index (χ4v) is 12.6. The summed E-state index contributed by atoms with van der Waals surface area (Å²) in [5.74, 6) is 0.882. The molecule has 19 heteroatoms. The molecule has 0 aromatic heterocycles. The molecule has 0 heterocycles. The highest BCUT2D eigenvalue weighted by atomic mass is 31.2. The smallest absolute Gasteiger partial charge is 0.462 e. The lowest BCUT2D eigenvalue weighted by Crippen LogP contribution is -2.30. The largest absolute Gasteiger partial charge is 0.472 e. The molecule has 0 saturated carbocycles. The highest BCUT2D eigenvalue weighted by Crippen LogP contribution is 2.45. The Morgan fingerprint density at radius 2 is 0.522 bits per heavy atom. The van der Waals surface area contributed by atoms with Crippen LogP contribution in [-0.4, -0.2) is 96.7 Å². The Morgan fingerprint density at radius 3 is 0.772 bits per heavy atom. The van der Waals surface area contributed by atoms with Gasteiger partial charge in [-0.1, -0.05) is 312 Å². The summed E-state index contributed by atoms with van der Waals surface area (Å²) in [6.07, 6.45) is 45.9. The van der Waals surface area contributed by atoms with Gasteiger partial charge in [-0.25, -0.2) is 9.13 Å². The SMILES string of the molecule is CCC(C)CCCCCCCCCCC(=O)O[C@H](COC(=O)CCCCCCCCCCC(C)C)COP(=O)(O)OCC(O)COP(=O)(O)OC[C@@H](COC(=O)CCCCCCCCCC(C)C)OC(=O)CCCCCCCCCCCCCCCCCCC(C)C. The van der Waals surface area contributed by atoms with Crippen molar-refractivity contribution in [3.05, 3.63) is 0 Å². The summed E-state index contributed by atoms with van der Waals surface area (Å²) in [6.45, 7) is 14.1. The van der Waals surface area contributed by atoms with Gasteiger partial charge in [0.15, 0.2) is 12.2 Å². The van der Waals surface area contributed by atoms with Crippen molar-refractivity contribution in [3.63, 3.8) is 0 Å². The summed E-state index contributed by atoms with van der Waals surface area (Å²) in [4.78, 5) is 72.6. The van der Waals surface area contributed by atoms with Gasteiger partial charge in [-0.15, -0.1) is 0 Å². The lowest BCUT2D eigenvalue weighted by atomic mass is 9.99. The first-order valence-corrected chi connectivity index (χ1v) is 40.7. The molecule has 0 radical (unpaired) electrons. The van der Waals surface area contributed by atoms with Crippen LogP contribution >= 0.6 is 15.6 Å². The molecule has 0 aliphatic rings. The van der Waals surface area contributed by atoms with Crippen LogP contribution in [0.3, 0.4) is 0 Å². The molecule has 0 amide bonds. The Bertz CT molecular complexity index is 1820. The number of rotatable bonds is 70. The van der Waals surface area contributed by atoms with E-state index in [0.717, 1.165) is 114 Å². The fraction of sp³-hybridized carbons (Fsp3) is 0.945. The van der Waals surface area contributed by atoms with Crippen molar-refractivity contribution >= 4 is 39.5 Å². The van der Waals surface area contributed by atoms with Crippen LogP contribution in [0.2, 0.25) is 0 Å². The molecular weight excluding hydrogens is 1210 g/mol. The highest BCUT2D eigenvalue weighted by Gasteiger charge is 2.30. The minimum atomic E-state index is -4.95. The van der Waals surface area contributed by atoms with Crippen LogP contribution in [0.25, 0.3) is 0 Å². The van der Waals surface area contributed by atoms with Gasteiger partial charge in [0, 0.05) is 25.7 Å². The van der Waals surface area contributed by atoms with Crippen molar-refractivity contribution in [3.8, 4) is 0 Å². The minimum absolute atomic E-state index is 0.104. The van der Waals surface area contributed by atoms with Crippen LogP contribution in [-0.2, 0) is 65.4 Å². The standard InChI is InChI=1S/C73H142O17P2/c1-9-66(8)52-44-36-28-21-23-31-40-48-56-73(78)90-68(59-83-70(75)53-45-37-29-22-20-26-34-42-50-64(4)5)61-87-91(79,80)85-57-67(74)58-86-92(81,82)88-62-69(60-84-71(76)54-46-38-32-24-27-35-43-51-65(6)7)89-72(77)55-47-39-30-19-17-15-13-11-10-12-14-16-18-25-33-41-49-63(2)3/h63-69,74H,9-62H2,1-8H3,(H,79,80)(H,81,82)/t66?,67?,68-,69-/m1/s1. The zero-order valence-electron chi connectivity index (χ0n) is 60.2. The normalized spacial score (nSPS) is 14.5. The first-order valence-electron chi connectivity index (χ1n) is 37.7. The summed E-state index contributed by atoms with van der Waals surface area (Å²) in [5, 5.41) is 10.6. The van der Waals surface area contributed by atoms with E-state index in [1.54, 1.807) is 0 Å².